The molecule has 0 aliphatic carbocycles. The highest BCUT2D eigenvalue weighted by Crippen LogP contribution is 0.866. The summed E-state index contributed by atoms with van der Waals surface area (Å²) < 4.78 is 0. The minimum Gasteiger partial charge on any atom is -0.412 e. The van der Waals surface area contributed by atoms with E-state index in [9.17, 15) is 0 Å². The molecule has 18 N–H and O–H groups in total. The van der Waals surface area contributed by atoms with E-state index in [1.807, 2.05) is 0 Å². The second-order valence-corrected chi connectivity index (χ2v) is 0. The molecule has 0 heterocycles. The molecule has 0 rings (SSSR count). The molecule has 0 fully saturated rings. The summed E-state index contributed by atoms with van der Waals surface area (Å²) in [5.74, 6) is 0. The Morgan fingerprint density at radius 3 is 0.286 bits per heavy atom. The second kappa shape index (κ2) is 1170. The number of hydrogen-bond acceptors (Lipinski definition) is 2. The van der Waals surface area contributed by atoms with E-state index in [0.29, 0.717) is 0 Å². The summed E-state index contributed by atoms with van der Waals surface area (Å²) in [7, 11) is 0. The van der Waals surface area contributed by atoms with Crippen molar-refractivity contribution in [3.8, 4) is 0 Å². The van der Waals surface area contributed by atoms with Crippen molar-refractivity contribution in [3.63, 3.8) is 0 Å². The van der Waals surface area contributed by atoms with E-state index in [0.717, 1.165) is 0 Å². The zero-order valence-electron chi connectivity index (χ0n) is 8.66. The Balaban J connectivity index is -0.000000000833. The van der Waals surface area contributed by atoms with Crippen molar-refractivity contribution in [1.29, 1.82) is 0 Å². The monoisotopic (exact) mass is 226 g/mol. The molecule has 8 heteroatoms. The smallest absolute Gasteiger partial charge is 0.106 e. The molecule has 0 atom stereocenters. The standard InChI is InChI=1S/3C2H4.2H3N.6H2O/c3*1-2;;;;;;;;/h3*1-2H2;2*1H3;6*1H2. The molecular weight excluding hydrogens is 196 g/mol. The summed E-state index contributed by atoms with van der Waals surface area (Å²) in [6, 6.07) is 0. The van der Waals surface area contributed by atoms with Crippen molar-refractivity contribution >= 4 is 0 Å². The molecule has 0 saturated heterocycles. The maximum atomic E-state index is 3.00. The maximum absolute atomic E-state index is 3.00. The molecule has 0 bridgehead atoms. The van der Waals surface area contributed by atoms with Crippen LogP contribution in [-0.4, -0.2) is 32.9 Å². The highest BCUT2D eigenvalue weighted by molar-refractivity contribution is 4.22. The highest BCUT2D eigenvalue weighted by Gasteiger charge is 0.605. The first-order chi connectivity index (χ1) is 3.00. The van der Waals surface area contributed by atoms with Crippen LogP contribution in [0, 0.1) is 0 Å². The van der Waals surface area contributed by atoms with Gasteiger partial charge in [0, 0.05) is 0 Å². The highest BCUT2D eigenvalue weighted by atomic mass is 16.0. The summed E-state index contributed by atoms with van der Waals surface area (Å²) in [4.78, 5) is 0. The molecule has 8 nitrogen and oxygen atoms in total. The molecule has 0 spiro atoms. The van der Waals surface area contributed by atoms with Crippen molar-refractivity contribution in [2.24, 2.45) is 0 Å². The molecule has 14 heavy (non-hydrogen) atoms. The van der Waals surface area contributed by atoms with E-state index in [-0.39, 0.29) is 45.2 Å². The summed E-state index contributed by atoms with van der Waals surface area (Å²) in [6.45, 7) is 18.0. The second-order valence-electron chi connectivity index (χ2n) is 0. The van der Waals surface area contributed by atoms with Crippen molar-refractivity contribution in [1.82, 2.24) is 12.3 Å². The Kier molecular flexibility index (Phi) is 42200. The lowest BCUT2D eigenvalue weighted by molar-refractivity contribution is 0.823. The largest absolute Gasteiger partial charge is 0.412 e. The van der Waals surface area contributed by atoms with Gasteiger partial charge in [0.05, 0.1) is 0 Å². The van der Waals surface area contributed by atoms with Gasteiger partial charge in [-0.2, -0.15) is 0 Å². The van der Waals surface area contributed by atoms with Crippen LogP contribution in [0.5, 0.6) is 0 Å². The number of rotatable bonds is 0. The average Bonchev–Trinajstić information content (AvgIpc) is 1.81. The molecule has 0 aromatic rings. The van der Waals surface area contributed by atoms with Gasteiger partial charge in [0.15, 0.2) is 0 Å². The van der Waals surface area contributed by atoms with Crippen LogP contribution in [0.1, 0.15) is 0 Å². The van der Waals surface area contributed by atoms with Gasteiger partial charge in [0.1, 0.15) is 0 Å². The van der Waals surface area contributed by atoms with Crippen LogP contribution in [0.15, 0.2) is 39.5 Å². The van der Waals surface area contributed by atoms with Crippen LogP contribution >= 0.6 is 0 Å². The van der Waals surface area contributed by atoms with Crippen molar-refractivity contribution in [2.45, 2.75) is 0 Å². The predicted molar refractivity (Wildman–Crippen MR) is 65.5 cm³/mol. The first-order valence-corrected chi connectivity index (χ1v) is 1.50. The van der Waals surface area contributed by atoms with Crippen LogP contribution in [0.25, 0.3) is 0 Å². The molecule has 0 aromatic carbocycles. The van der Waals surface area contributed by atoms with E-state index in [4.69, 9.17) is 0 Å². The molecule has 100 valence electrons. The van der Waals surface area contributed by atoms with Gasteiger partial charge in [0.25, 0.3) is 0 Å². The Bertz CT molecular complexity index is 25.0. The SMILES string of the molecule is C=C.C=C.C=C.N.N.O.O.O.O.O.O. The van der Waals surface area contributed by atoms with Crippen LogP contribution in [0.2, 0.25) is 0 Å². The molecule has 0 aliphatic rings. The summed E-state index contributed by atoms with van der Waals surface area (Å²) in [5, 5.41) is 0. The van der Waals surface area contributed by atoms with Gasteiger partial charge in [-0.05, 0) is 0 Å². The van der Waals surface area contributed by atoms with Crippen LogP contribution < -0.4 is 12.3 Å². The minimum absolute atomic E-state index is 0. The molecule has 0 amide bonds. The van der Waals surface area contributed by atoms with Gasteiger partial charge in [-0.1, -0.05) is 0 Å². The molecule has 0 aromatic heterocycles. The Morgan fingerprint density at radius 1 is 0.286 bits per heavy atom. The van der Waals surface area contributed by atoms with Gasteiger partial charge >= 0.3 is 0 Å². The normalized spacial score (nSPS) is 0.857. The summed E-state index contributed by atoms with van der Waals surface area (Å²) in [6.07, 6.45) is 0. The number of hydrogen-bond donors (Lipinski definition) is 2. The Morgan fingerprint density at radius 2 is 0.286 bits per heavy atom. The first kappa shape index (κ1) is 506. The zero-order valence-corrected chi connectivity index (χ0v) is 8.66. The molecule has 0 radical (unpaired) electrons. The van der Waals surface area contributed by atoms with E-state index >= 15 is 0 Å². The predicted octanol–water partition coefficient (Wildman–Crippen LogP) is -2.22. The van der Waals surface area contributed by atoms with E-state index in [1.165, 1.54) is 0 Å². The fourth-order valence-corrected chi connectivity index (χ4v) is 0. The summed E-state index contributed by atoms with van der Waals surface area (Å²) in [5.41, 5.74) is 0. The van der Waals surface area contributed by atoms with E-state index < -0.39 is 0 Å². The van der Waals surface area contributed by atoms with Gasteiger partial charge in [0.2, 0.25) is 0 Å². The van der Waals surface area contributed by atoms with Gasteiger partial charge in [-0.3, -0.25) is 0 Å². The fraction of sp³-hybridized carbons (Fsp3) is 0. The van der Waals surface area contributed by atoms with Crippen LogP contribution in [0.4, 0.5) is 0 Å². The fourth-order valence-electron chi connectivity index (χ4n) is 0. The van der Waals surface area contributed by atoms with Crippen LogP contribution in [0.3, 0.4) is 0 Å². The van der Waals surface area contributed by atoms with Crippen LogP contribution in [-0.2, 0) is 0 Å². The third-order valence-corrected chi connectivity index (χ3v) is 0. The molecule has 0 aliphatic heterocycles. The maximum Gasteiger partial charge on any atom is -0.106 e. The average molecular weight is 226 g/mol. The van der Waals surface area contributed by atoms with Crippen molar-refractivity contribution in [3.05, 3.63) is 39.5 Å². The van der Waals surface area contributed by atoms with Crippen molar-refractivity contribution in [2.75, 3.05) is 0 Å². The molecular formula is C6H30N2O6. The Hall–Kier alpha value is -1.10. The minimum atomic E-state index is 0. The lowest BCUT2D eigenvalue weighted by atomic mass is 11.3. The molecule has 0 unspecified atom stereocenters. The summed E-state index contributed by atoms with van der Waals surface area (Å²) >= 11 is 0. The molecule has 0 saturated carbocycles. The zero-order chi connectivity index (χ0) is 6.00. The van der Waals surface area contributed by atoms with Crippen molar-refractivity contribution < 1.29 is 32.9 Å². The first-order valence-electron chi connectivity index (χ1n) is 1.50. The third kappa shape index (κ3) is 883. The third-order valence-electron chi connectivity index (χ3n) is 0. The Labute approximate surface area is 85.7 Å². The van der Waals surface area contributed by atoms with E-state index in [2.05, 4.69) is 39.5 Å². The lowest BCUT2D eigenvalue weighted by Gasteiger charge is -0.813. The van der Waals surface area contributed by atoms with Gasteiger partial charge in [-0.25, -0.2) is 0 Å². The quantitative estimate of drug-likeness (QED) is 0.434. The van der Waals surface area contributed by atoms with Gasteiger partial charge < -0.3 is 45.2 Å². The topological polar surface area (TPSA) is 259 Å². The van der Waals surface area contributed by atoms with Gasteiger partial charge in [-0.15, -0.1) is 39.5 Å². The van der Waals surface area contributed by atoms with E-state index in [1.54, 1.807) is 0 Å². The lowest BCUT2D eigenvalue weighted by Crippen LogP contribution is -0.552.